The van der Waals surface area contributed by atoms with Gasteiger partial charge in [-0.1, -0.05) is 18.2 Å². The molecule has 0 saturated carbocycles. The first kappa shape index (κ1) is 11.9. The van der Waals surface area contributed by atoms with Crippen molar-refractivity contribution < 1.29 is 5.11 Å². The minimum atomic E-state index is -0.00137. The molecule has 4 nitrogen and oxygen atoms in total. The highest BCUT2D eigenvalue weighted by molar-refractivity contribution is 7.15. The second kappa shape index (κ2) is 4.33. The molecule has 0 amide bonds. The number of rotatable bonds is 2. The first-order chi connectivity index (χ1) is 9.79. The summed E-state index contributed by atoms with van der Waals surface area (Å²) in [4.78, 5) is 7.90. The fourth-order valence-corrected chi connectivity index (χ4v) is 3.78. The van der Waals surface area contributed by atoms with E-state index in [9.17, 15) is 5.11 Å². The van der Waals surface area contributed by atoms with Crippen LogP contribution >= 0.6 is 11.3 Å². The van der Waals surface area contributed by atoms with Crippen LogP contribution in [0.25, 0.3) is 4.96 Å². The summed E-state index contributed by atoms with van der Waals surface area (Å²) in [5, 5.41) is 11.7. The molecule has 0 fully saturated rings. The lowest BCUT2D eigenvalue weighted by molar-refractivity contribution is 0.276. The van der Waals surface area contributed by atoms with Crippen molar-refractivity contribution in [2.24, 2.45) is 0 Å². The molecule has 1 atom stereocenters. The van der Waals surface area contributed by atoms with Crippen molar-refractivity contribution in [3.8, 4) is 0 Å². The molecule has 102 valence electrons. The monoisotopic (exact) mass is 285 g/mol. The summed E-state index contributed by atoms with van der Waals surface area (Å²) < 4.78 is 1.98. The van der Waals surface area contributed by atoms with Crippen molar-refractivity contribution in [1.82, 2.24) is 9.38 Å². The number of aliphatic hydroxyl groups is 1. The van der Waals surface area contributed by atoms with E-state index in [-0.39, 0.29) is 6.61 Å². The van der Waals surface area contributed by atoms with Gasteiger partial charge in [-0.15, -0.1) is 11.3 Å². The van der Waals surface area contributed by atoms with E-state index in [1.807, 2.05) is 16.0 Å². The van der Waals surface area contributed by atoms with Crippen molar-refractivity contribution in [2.75, 3.05) is 4.90 Å². The van der Waals surface area contributed by atoms with Gasteiger partial charge in [-0.25, -0.2) is 4.98 Å². The van der Waals surface area contributed by atoms with Crippen LogP contribution in [-0.4, -0.2) is 20.5 Å². The molecule has 2 aromatic heterocycles. The van der Waals surface area contributed by atoms with Crippen LogP contribution < -0.4 is 4.90 Å². The van der Waals surface area contributed by atoms with E-state index in [1.165, 1.54) is 11.3 Å². The number of aliphatic hydroxyl groups excluding tert-OH is 1. The van der Waals surface area contributed by atoms with Gasteiger partial charge in [0.15, 0.2) is 10.8 Å². The number of benzene rings is 1. The molecule has 20 heavy (non-hydrogen) atoms. The average molecular weight is 285 g/mol. The lowest BCUT2D eigenvalue weighted by Gasteiger charge is -2.23. The Labute approximate surface area is 120 Å². The van der Waals surface area contributed by atoms with Gasteiger partial charge in [0.1, 0.15) is 0 Å². The van der Waals surface area contributed by atoms with Crippen LogP contribution in [0.5, 0.6) is 0 Å². The van der Waals surface area contributed by atoms with Crippen LogP contribution in [0.15, 0.2) is 35.8 Å². The van der Waals surface area contributed by atoms with Gasteiger partial charge in [0.2, 0.25) is 0 Å². The maximum atomic E-state index is 9.74. The van der Waals surface area contributed by atoms with Gasteiger partial charge in [0.25, 0.3) is 0 Å². The zero-order valence-corrected chi connectivity index (χ0v) is 12.0. The molecule has 1 aromatic carbocycles. The van der Waals surface area contributed by atoms with Gasteiger partial charge in [-0.3, -0.25) is 4.40 Å². The molecule has 4 rings (SSSR count). The number of para-hydroxylation sites is 1. The molecule has 1 N–H and O–H groups in total. The van der Waals surface area contributed by atoms with Gasteiger partial charge in [-0.05, 0) is 25.0 Å². The summed E-state index contributed by atoms with van der Waals surface area (Å²) >= 11 is 1.59. The Balaban J connectivity index is 1.92. The third kappa shape index (κ3) is 1.53. The lowest BCUT2D eigenvalue weighted by atomic mass is 10.1. The third-order valence-corrected chi connectivity index (χ3v) is 4.68. The Kier molecular flexibility index (Phi) is 2.58. The molecular weight excluding hydrogens is 270 g/mol. The Morgan fingerprint density at radius 3 is 3.10 bits per heavy atom. The Morgan fingerprint density at radius 1 is 1.40 bits per heavy atom. The van der Waals surface area contributed by atoms with Gasteiger partial charge in [0.05, 0.1) is 12.3 Å². The van der Waals surface area contributed by atoms with Crippen molar-refractivity contribution in [3.05, 3.63) is 47.1 Å². The predicted octanol–water partition coefficient (Wildman–Crippen LogP) is 2.97. The number of anilines is 2. The Bertz CT molecular complexity index is 776. The van der Waals surface area contributed by atoms with Crippen LogP contribution in [0.4, 0.5) is 11.5 Å². The van der Waals surface area contributed by atoms with E-state index in [1.54, 1.807) is 11.3 Å². The first-order valence-corrected chi connectivity index (χ1v) is 7.60. The molecule has 0 bridgehead atoms. The van der Waals surface area contributed by atoms with E-state index in [0.29, 0.717) is 6.04 Å². The normalized spacial score (nSPS) is 17.9. The molecule has 0 radical (unpaired) electrons. The molecule has 3 aromatic rings. The molecule has 1 aliphatic rings. The minimum absolute atomic E-state index is 0.00137. The molecule has 0 spiro atoms. The standard InChI is InChI=1S/C15H15N3OS/c1-10-8-11-4-2-3-5-12(11)18(10)14-13(9-19)17-6-7-20-15(17)16-14/h2-7,10,19H,8-9H2,1H3. The van der Waals surface area contributed by atoms with Crippen molar-refractivity contribution in [2.45, 2.75) is 26.0 Å². The summed E-state index contributed by atoms with van der Waals surface area (Å²) in [6.07, 6.45) is 2.99. The van der Waals surface area contributed by atoms with Crippen LogP contribution in [0.3, 0.4) is 0 Å². The van der Waals surface area contributed by atoms with Gasteiger partial charge < -0.3 is 10.0 Å². The van der Waals surface area contributed by atoms with E-state index in [4.69, 9.17) is 4.98 Å². The number of thiazole rings is 1. The SMILES string of the molecule is CC1Cc2ccccc2N1c1nc2sccn2c1CO. The third-order valence-electron chi connectivity index (χ3n) is 3.93. The predicted molar refractivity (Wildman–Crippen MR) is 80.7 cm³/mol. The summed E-state index contributed by atoms with van der Waals surface area (Å²) in [6, 6.07) is 8.80. The van der Waals surface area contributed by atoms with Crippen LogP contribution in [0.2, 0.25) is 0 Å². The summed E-state index contributed by atoms with van der Waals surface area (Å²) in [6.45, 7) is 2.20. The molecule has 1 unspecified atom stereocenters. The first-order valence-electron chi connectivity index (χ1n) is 6.72. The lowest BCUT2D eigenvalue weighted by Crippen LogP contribution is -2.25. The van der Waals surface area contributed by atoms with Gasteiger partial charge in [-0.2, -0.15) is 0 Å². The molecule has 0 aliphatic carbocycles. The number of hydrogen-bond donors (Lipinski definition) is 1. The molecule has 3 heterocycles. The fraction of sp³-hybridized carbons (Fsp3) is 0.267. The summed E-state index contributed by atoms with van der Waals surface area (Å²) in [5.74, 6) is 0.886. The average Bonchev–Trinajstić information content (AvgIpc) is 3.08. The quantitative estimate of drug-likeness (QED) is 0.787. The fourth-order valence-electron chi connectivity index (χ4n) is 3.05. The van der Waals surface area contributed by atoms with Gasteiger partial charge >= 0.3 is 0 Å². The maximum Gasteiger partial charge on any atom is 0.195 e. The minimum Gasteiger partial charge on any atom is -0.390 e. The number of imidazole rings is 1. The Morgan fingerprint density at radius 2 is 2.25 bits per heavy atom. The van der Waals surface area contributed by atoms with E-state index in [2.05, 4.69) is 36.1 Å². The molecule has 5 heteroatoms. The van der Waals surface area contributed by atoms with Crippen LogP contribution in [0.1, 0.15) is 18.2 Å². The zero-order chi connectivity index (χ0) is 13.7. The van der Waals surface area contributed by atoms with Crippen molar-refractivity contribution in [3.63, 3.8) is 0 Å². The summed E-state index contributed by atoms with van der Waals surface area (Å²) in [7, 11) is 0. The smallest absolute Gasteiger partial charge is 0.195 e. The number of hydrogen-bond acceptors (Lipinski definition) is 4. The van der Waals surface area contributed by atoms with Crippen molar-refractivity contribution in [1.29, 1.82) is 0 Å². The number of aromatic nitrogens is 2. The topological polar surface area (TPSA) is 40.8 Å². The van der Waals surface area contributed by atoms with E-state index in [0.717, 1.165) is 22.9 Å². The van der Waals surface area contributed by atoms with E-state index < -0.39 is 0 Å². The second-order valence-electron chi connectivity index (χ2n) is 5.15. The van der Waals surface area contributed by atoms with Crippen LogP contribution in [0, 0.1) is 0 Å². The largest absolute Gasteiger partial charge is 0.390 e. The van der Waals surface area contributed by atoms with E-state index >= 15 is 0 Å². The maximum absolute atomic E-state index is 9.74. The molecule has 0 saturated heterocycles. The zero-order valence-electron chi connectivity index (χ0n) is 11.2. The highest BCUT2D eigenvalue weighted by Crippen LogP contribution is 2.39. The highest BCUT2D eigenvalue weighted by atomic mass is 32.1. The molecular formula is C15H15N3OS. The number of nitrogens with zero attached hydrogens (tertiary/aromatic N) is 3. The van der Waals surface area contributed by atoms with Crippen molar-refractivity contribution >= 4 is 27.8 Å². The highest BCUT2D eigenvalue weighted by Gasteiger charge is 2.30. The molecule has 1 aliphatic heterocycles. The number of fused-ring (bicyclic) bond motifs is 2. The van der Waals surface area contributed by atoms with Crippen LogP contribution in [-0.2, 0) is 13.0 Å². The summed E-state index contributed by atoms with van der Waals surface area (Å²) in [5.41, 5.74) is 3.42. The van der Waals surface area contributed by atoms with Gasteiger partial charge in [0, 0.05) is 23.3 Å². The Hall–Kier alpha value is -1.85. The second-order valence-corrected chi connectivity index (χ2v) is 6.02.